The van der Waals surface area contributed by atoms with Gasteiger partial charge in [0.15, 0.2) is 5.96 Å². The molecule has 0 bridgehead atoms. The zero-order valence-electron chi connectivity index (χ0n) is 18.0. The molecule has 1 aromatic rings. The van der Waals surface area contributed by atoms with E-state index in [1.54, 1.807) is 11.3 Å². The highest BCUT2D eigenvalue weighted by Crippen LogP contribution is 2.26. The number of esters is 1. The van der Waals surface area contributed by atoms with Gasteiger partial charge in [0.1, 0.15) is 0 Å². The van der Waals surface area contributed by atoms with Gasteiger partial charge in [-0.1, -0.05) is 20.8 Å². The maximum absolute atomic E-state index is 11.9. The standard InChI is InChI=1S/C21H36N4O2S/c1-6-22-20(23-13-12-18-25-17(14-28-18)21(3,4)5)24-16-10-8-15(9-11-16)19(26)27-7-2/h14-16H,6-13H2,1-5H3,(H2,22,23,24). The molecule has 1 aromatic heterocycles. The van der Waals surface area contributed by atoms with E-state index in [2.05, 4.69) is 43.7 Å². The molecule has 6 nitrogen and oxygen atoms in total. The maximum Gasteiger partial charge on any atom is 0.308 e. The lowest BCUT2D eigenvalue weighted by Crippen LogP contribution is -2.45. The van der Waals surface area contributed by atoms with Crippen LogP contribution in [0.25, 0.3) is 0 Å². The summed E-state index contributed by atoms with van der Waals surface area (Å²) in [5, 5.41) is 10.2. The van der Waals surface area contributed by atoms with Crippen molar-refractivity contribution in [1.82, 2.24) is 15.6 Å². The molecule has 1 aliphatic carbocycles. The highest BCUT2D eigenvalue weighted by Gasteiger charge is 2.27. The lowest BCUT2D eigenvalue weighted by molar-refractivity contribution is -0.149. The van der Waals surface area contributed by atoms with E-state index >= 15 is 0 Å². The number of nitrogens with zero attached hydrogens (tertiary/aromatic N) is 2. The molecule has 158 valence electrons. The Kier molecular flexibility index (Phi) is 8.73. The van der Waals surface area contributed by atoms with Crippen molar-refractivity contribution in [2.24, 2.45) is 10.9 Å². The van der Waals surface area contributed by atoms with E-state index in [4.69, 9.17) is 14.7 Å². The molecule has 0 aliphatic heterocycles. The van der Waals surface area contributed by atoms with Crippen molar-refractivity contribution in [3.05, 3.63) is 16.1 Å². The Morgan fingerprint density at radius 3 is 2.57 bits per heavy atom. The molecule has 2 rings (SSSR count). The fourth-order valence-electron chi connectivity index (χ4n) is 3.28. The van der Waals surface area contributed by atoms with E-state index in [1.165, 1.54) is 0 Å². The van der Waals surface area contributed by atoms with Crippen LogP contribution >= 0.6 is 11.3 Å². The van der Waals surface area contributed by atoms with E-state index < -0.39 is 0 Å². The molecular formula is C21H36N4O2S. The van der Waals surface area contributed by atoms with Gasteiger partial charge in [-0.3, -0.25) is 9.79 Å². The van der Waals surface area contributed by atoms with Gasteiger partial charge in [-0.25, -0.2) is 4.98 Å². The predicted molar refractivity (Wildman–Crippen MR) is 116 cm³/mol. The van der Waals surface area contributed by atoms with Crippen molar-refractivity contribution >= 4 is 23.3 Å². The Morgan fingerprint density at radius 1 is 1.29 bits per heavy atom. The van der Waals surface area contributed by atoms with Gasteiger partial charge in [0.2, 0.25) is 0 Å². The largest absolute Gasteiger partial charge is 0.466 e. The molecule has 28 heavy (non-hydrogen) atoms. The number of guanidine groups is 1. The Morgan fingerprint density at radius 2 is 2.00 bits per heavy atom. The second-order valence-corrected chi connectivity index (χ2v) is 9.27. The number of nitrogens with one attached hydrogen (secondary N) is 2. The first-order valence-corrected chi connectivity index (χ1v) is 11.4. The van der Waals surface area contributed by atoms with Crippen molar-refractivity contribution < 1.29 is 9.53 Å². The normalized spacial score (nSPS) is 20.7. The van der Waals surface area contributed by atoms with Crippen LogP contribution in [0.3, 0.4) is 0 Å². The summed E-state index contributed by atoms with van der Waals surface area (Å²) in [6.07, 6.45) is 4.55. The summed E-state index contributed by atoms with van der Waals surface area (Å²) in [6, 6.07) is 0.357. The average molecular weight is 409 g/mol. The second-order valence-electron chi connectivity index (χ2n) is 8.33. The smallest absolute Gasteiger partial charge is 0.308 e. The van der Waals surface area contributed by atoms with Crippen molar-refractivity contribution in [1.29, 1.82) is 0 Å². The first kappa shape index (κ1) is 22.7. The molecular weight excluding hydrogens is 372 g/mol. The minimum atomic E-state index is -0.0420. The Balaban J connectivity index is 1.82. The van der Waals surface area contributed by atoms with Gasteiger partial charge in [0.05, 0.1) is 23.2 Å². The molecule has 0 amide bonds. The third-order valence-corrected chi connectivity index (χ3v) is 5.86. The molecule has 1 saturated carbocycles. The van der Waals surface area contributed by atoms with Gasteiger partial charge >= 0.3 is 5.97 Å². The molecule has 0 unspecified atom stereocenters. The third-order valence-electron chi connectivity index (χ3n) is 4.95. The highest BCUT2D eigenvalue weighted by atomic mass is 32.1. The zero-order valence-corrected chi connectivity index (χ0v) is 18.8. The molecule has 1 heterocycles. The van der Waals surface area contributed by atoms with Crippen molar-refractivity contribution in [3.8, 4) is 0 Å². The van der Waals surface area contributed by atoms with Crippen LogP contribution in [-0.4, -0.2) is 42.7 Å². The van der Waals surface area contributed by atoms with Crippen molar-refractivity contribution in [3.63, 3.8) is 0 Å². The SMILES string of the molecule is CCNC(=NCCc1nc(C(C)(C)C)cs1)NC1CCC(C(=O)OCC)CC1. The van der Waals surface area contributed by atoms with Crippen LogP contribution in [-0.2, 0) is 21.4 Å². The van der Waals surface area contributed by atoms with Gasteiger partial charge in [-0.05, 0) is 39.5 Å². The van der Waals surface area contributed by atoms with Crippen LogP contribution in [0.1, 0.15) is 71.0 Å². The number of rotatable bonds is 7. The van der Waals surface area contributed by atoms with Crippen LogP contribution in [0.5, 0.6) is 0 Å². The summed E-state index contributed by atoms with van der Waals surface area (Å²) < 4.78 is 5.15. The van der Waals surface area contributed by atoms with Crippen LogP contribution in [0, 0.1) is 5.92 Å². The van der Waals surface area contributed by atoms with Crippen LogP contribution < -0.4 is 10.6 Å². The highest BCUT2D eigenvalue weighted by molar-refractivity contribution is 7.09. The molecule has 1 fully saturated rings. The number of hydrogen-bond acceptors (Lipinski definition) is 5. The van der Waals surface area contributed by atoms with E-state index in [9.17, 15) is 4.79 Å². The Labute approximate surface area is 173 Å². The van der Waals surface area contributed by atoms with Gasteiger partial charge < -0.3 is 15.4 Å². The monoisotopic (exact) mass is 408 g/mol. The fraction of sp³-hybridized carbons (Fsp3) is 0.762. The van der Waals surface area contributed by atoms with Crippen molar-refractivity contribution in [2.45, 2.75) is 78.2 Å². The fourth-order valence-corrected chi connectivity index (χ4v) is 4.29. The van der Waals surface area contributed by atoms with Crippen LogP contribution in [0.2, 0.25) is 0 Å². The van der Waals surface area contributed by atoms with E-state index in [0.717, 1.165) is 55.3 Å². The summed E-state index contributed by atoms with van der Waals surface area (Å²) in [4.78, 5) is 21.4. The molecule has 2 N–H and O–H groups in total. The lowest BCUT2D eigenvalue weighted by Gasteiger charge is -2.29. The number of carbonyl (C=O) groups is 1. The van der Waals surface area contributed by atoms with Crippen molar-refractivity contribution in [2.75, 3.05) is 19.7 Å². The minimum absolute atomic E-state index is 0.0420. The number of carbonyl (C=O) groups excluding carboxylic acids is 1. The molecule has 7 heteroatoms. The predicted octanol–water partition coefficient (Wildman–Crippen LogP) is 3.66. The summed E-state index contributed by atoms with van der Waals surface area (Å²) in [6.45, 7) is 12.5. The minimum Gasteiger partial charge on any atom is -0.466 e. The maximum atomic E-state index is 11.9. The zero-order chi connectivity index (χ0) is 20.6. The third kappa shape index (κ3) is 7.08. The molecule has 0 spiro atoms. The number of thiazole rings is 1. The quantitative estimate of drug-likeness (QED) is 0.409. The Hall–Kier alpha value is -1.63. The number of aliphatic imine (C=N–C) groups is 1. The van der Waals surface area contributed by atoms with Gasteiger partial charge in [0.25, 0.3) is 0 Å². The molecule has 0 radical (unpaired) electrons. The summed E-state index contributed by atoms with van der Waals surface area (Å²) >= 11 is 1.72. The number of ether oxygens (including phenoxy) is 1. The van der Waals surface area contributed by atoms with Gasteiger partial charge in [0, 0.05) is 36.3 Å². The first-order valence-electron chi connectivity index (χ1n) is 10.5. The van der Waals surface area contributed by atoms with E-state index in [0.29, 0.717) is 19.2 Å². The topological polar surface area (TPSA) is 75.6 Å². The molecule has 1 aliphatic rings. The second kappa shape index (κ2) is 10.8. The summed E-state index contributed by atoms with van der Waals surface area (Å²) in [7, 11) is 0. The van der Waals surface area contributed by atoms with E-state index in [1.807, 2.05) is 6.92 Å². The Bertz CT molecular complexity index is 643. The molecule has 0 saturated heterocycles. The van der Waals surface area contributed by atoms with Gasteiger partial charge in [-0.2, -0.15) is 0 Å². The van der Waals surface area contributed by atoms with Crippen LogP contribution in [0.4, 0.5) is 0 Å². The summed E-state index contributed by atoms with van der Waals surface area (Å²) in [5.74, 6) is 0.869. The van der Waals surface area contributed by atoms with Gasteiger partial charge in [-0.15, -0.1) is 11.3 Å². The number of hydrogen-bond donors (Lipinski definition) is 2. The average Bonchev–Trinajstić information content (AvgIpc) is 3.12. The molecule has 0 atom stereocenters. The van der Waals surface area contributed by atoms with E-state index in [-0.39, 0.29) is 17.3 Å². The lowest BCUT2D eigenvalue weighted by atomic mass is 9.86. The number of aromatic nitrogens is 1. The first-order chi connectivity index (χ1) is 13.3. The summed E-state index contributed by atoms with van der Waals surface area (Å²) in [5.41, 5.74) is 1.25. The van der Waals surface area contributed by atoms with Crippen LogP contribution in [0.15, 0.2) is 10.4 Å². The molecule has 0 aromatic carbocycles.